The van der Waals surface area contributed by atoms with Crippen LogP contribution >= 0.6 is 27.5 Å². The van der Waals surface area contributed by atoms with E-state index < -0.39 is 0 Å². The molecule has 18 heavy (non-hydrogen) atoms. The third kappa shape index (κ3) is 4.52. The van der Waals surface area contributed by atoms with Crippen molar-refractivity contribution in [2.75, 3.05) is 6.54 Å². The Bertz CT molecular complexity index is 396. The highest BCUT2D eigenvalue weighted by molar-refractivity contribution is 9.10. The van der Waals surface area contributed by atoms with Crippen molar-refractivity contribution in [2.24, 2.45) is 5.92 Å². The van der Waals surface area contributed by atoms with E-state index >= 15 is 0 Å². The molecule has 1 N–H and O–H groups in total. The molecule has 4 heteroatoms. The van der Waals surface area contributed by atoms with Crippen molar-refractivity contribution < 1.29 is 4.39 Å². The van der Waals surface area contributed by atoms with Crippen LogP contribution < -0.4 is 5.32 Å². The van der Waals surface area contributed by atoms with Crippen molar-refractivity contribution >= 4 is 27.5 Å². The Morgan fingerprint density at radius 2 is 2.00 bits per heavy atom. The van der Waals surface area contributed by atoms with Gasteiger partial charge in [-0.05, 0) is 53.4 Å². The fourth-order valence-electron chi connectivity index (χ4n) is 1.92. The van der Waals surface area contributed by atoms with Gasteiger partial charge in [0.2, 0.25) is 0 Å². The first-order chi connectivity index (χ1) is 8.45. The first-order valence-corrected chi connectivity index (χ1v) is 7.50. The Morgan fingerprint density at radius 3 is 2.56 bits per heavy atom. The zero-order valence-corrected chi connectivity index (χ0v) is 13.4. The van der Waals surface area contributed by atoms with Crippen LogP contribution in [0.1, 0.15) is 45.2 Å². The second-order valence-electron chi connectivity index (χ2n) is 4.87. The number of hydrogen-bond donors (Lipinski definition) is 1. The summed E-state index contributed by atoms with van der Waals surface area (Å²) in [5.74, 6) is 0.404. The highest BCUT2D eigenvalue weighted by Gasteiger charge is 2.17. The highest BCUT2D eigenvalue weighted by Crippen LogP contribution is 2.31. The fourth-order valence-corrected chi connectivity index (χ4v) is 2.41. The Hall–Kier alpha value is -0.120. The number of rotatable bonds is 6. The predicted molar refractivity (Wildman–Crippen MR) is 79.6 cm³/mol. The molecule has 0 aliphatic carbocycles. The van der Waals surface area contributed by atoms with Gasteiger partial charge in [-0.15, -0.1) is 0 Å². The molecule has 1 atom stereocenters. The lowest BCUT2D eigenvalue weighted by Gasteiger charge is -2.20. The summed E-state index contributed by atoms with van der Waals surface area (Å²) in [4.78, 5) is 0. The van der Waals surface area contributed by atoms with E-state index in [-0.39, 0.29) is 11.9 Å². The zero-order valence-electron chi connectivity index (χ0n) is 11.1. The van der Waals surface area contributed by atoms with Crippen molar-refractivity contribution in [2.45, 2.75) is 39.7 Å². The van der Waals surface area contributed by atoms with Crippen LogP contribution in [0, 0.1) is 11.7 Å². The molecule has 0 spiro atoms. The molecular formula is C14H20BrClFN. The summed E-state index contributed by atoms with van der Waals surface area (Å²) in [5, 5.41) is 3.88. The van der Waals surface area contributed by atoms with Crippen molar-refractivity contribution in [1.82, 2.24) is 5.32 Å². The van der Waals surface area contributed by atoms with Crippen LogP contribution in [0.15, 0.2) is 16.6 Å². The van der Waals surface area contributed by atoms with Crippen LogP contribution in [0.4, 0.5) is 4.39 Å². The molecule has 0 bridgehead atoms. The van der Waals surface area contributed by atoms with Crippen LogP contribution in [0.2, 0.25) is 5.02 Å². The zero-order chi connectivity index (χ0) is 13.7. The van der Waals surface area contributed by atoms with Crippen molar-refractivity contribution in [3.8, 4) is 0 Å². The molecule has 102 valence electrons. The summed E-state index contributed by atoms with van der Waals surface area (Å²) >= 11 is 9.29. The van der Waals surface area contributed by atoms with Crippen LogP contribution in [-0.2, 0) is 0 Å². The quantitative estimate of drug-likeness (QED) is 0.692. The van der Waals surface area contributed by atoms with E-state index in [4.69, 9.17) is 11.6 Å². The molecule has 0 radical (unpaired) electrons. The maximum atomic E-state index is 14.0. The summed E-state index contributed by atoms with van der Waals surface area (Å²) < 4.78 is 14.6. The largest absolute Gasteiger partial charge is 0.310 e. The van der Waals surface area contributed by atoms with Crippen LogP contribution in [0.3, 0.4) is 0 Å². The van der Waals surface area contributed by atoms with Gasteiger partial charge in [-0.25, -0.2) is 4.39 Å². The first kappa shape index (κ1) is 15.9. The van der Waals surface area contributed by atoms with Gasteiger partial charge in [-0.1, -0.05) is 32.4 Å². The molecular weight excluding hydrogens is 317 g/mol. The lowest BCUT2D eigenvalue weighted by Crippen LogP contribution is -2.22. The maximum Gasteiger partial charge on any atom is 0.129 e. The van der Waals surface area contributed by atoms with E-state index in [9.17, 15) is 4.39 Å². The topological polar surface area (TPSA) is 12.0 Å². The minimum absolute atomic E-state index is 0.0306. The maximum absolute atomic E-state index is 14.0. The van der Waals surface area contributed by atoms with Crippen molar-refractivity contribution in [1.29, 1.82) is 0 Å². The molecule has 1 nitrogen and oxygen atoms in total. The monoisotopic (exact) mass is 335 g/mol. The van der Waals surface area contributed by atoms with Gasteiger partial charge in [0, 0.05) is 16.1 Å². The van der Waals surface area contributed by atoms with Gasteiger partial charge in [0.15, 0.2) is 0 Å². The number of hydrogen-bond acceptors (Lipinski definition) is 1. The minimum atomic E-state index is -0.207. The van der Waals surface area contributed by atoms with Gasteiger partial charge in [-0.3, -0.25) is 0 Å². The molecule has 0 aliphatic heterocycles. The Labute approximate surface area is 122 Å². The average molecular weight is 337 g/mol. The standard InChI is InChI=1S/C14H20BrClFN/c1-4-18-14(6-5-9(2)3)10-7-12(16)11(15)8-13(10)17/h7-9,14,18H,4-6H2,1-3H3. The SMILES string of the molecule is CCNC(CCC(C)C)c1cc(Cl)c(Br)cc1F. The first-order valence-electron chi connectivity index (χ1n) is 6.33. The molecule has 1 aromatic rings. The second-order valence-corrected chi connectivity index (χ2v) is 6.13. The Balaban J connectivity index is 2.94. The number of benzene rings is 1. The van der Waals surface area contributed by atoms with E-state index in [0.29, 0.717) is 21.0 Å². The lowest BCUT2D eigenvalue weighted by atomic mass is 9.97. The van der Waals surface area contributed by atoms with E-state index in [1.807, 2.05) is 6.92 Å². The Kier molecular flexibility index (Phi) is 6.61. The summed E-state index contributed by atoms with van der Waals surface area (Å²) in [6.45, 7) is 7.19. The van der Waals surface area contributed by atoms with Crippen LogP contribution in [0.25, 0.3) is 0 Å². The average Bonchev–Trinajstić information content (AvgIpc) is 2.29. The molecule has 0 aliphatic rings. The normalized spacial score (nSPS) is 13.1. The van der Waals surface area contributed by atoms with Gasteiger partial charge in [-0.2, -0.15) is 0 Å². The van der Waals surface area contributed by atoms with E-state index in [0.717, 1.165) is 19.4 Å². The summed E-state index contributed by atoms with van der Waals surface area (Å²) in [6, 6.07) is 3.19. The lowest BCUT2D eigenvalue weighted by molar-refractivity contribution is 0.434. The van der Waals surface area contributed by atoms with E-state index in [1.165, 1.54) is 6.07 Å². The molecule has 1 rings (SSSR count). The fraction of sp³-hybridized carbons (Fsp3) is 0.571. The van der Waals surface area contributed by atoms with E-state index in [2.05, 4.69) is 35.1 Å². The molecule has 0 fully saturated rings. The van der Waals surface area contributed by atoms with Gasteiger partial charge in [0.1, 0.15) is 5.82 Å². The smallest absolute Gasteiger partial charge is 0.129 e. The van der Waals surface area contributed by atoms with Gasteiger partial charge < -0.3 is 5.32 Å². The Morgan fingerprint density at radius 1 is 1.33 bits per heavy atom. The second kappa shape index (κ2) is 7.46. The molecule has 0 saturated heterocycles. The van der Waals surface area contributed by atoms with Gasteiger partial charge in [0.25, 0.3) is 0 Å². The molecule has 0 saturated carbocycles. The van der Waals surface area contributed by atoms with Crippen LogP contribution in [0.5, 0.6) is 0 Å². The number of nitrogens with one attached hydrogen (secondary N) is 1. The van der Waals surface area contributed by atoms with Gasteiger partial charge in [0.05, 0.1) is 5.02 Å². The molecule has 0 aromatic heterocycles. The summed E-state index contributed by atoms with van der Waals surface area (Å²) in [5.41, 5.74) is 0.658. The molecule has 0 heterocycles. The van der Waals surface area contributed by atoms with E-state index in [1.54, 1.807) is 6.07 Å². The summed E-state index contributed by atoms with van der Waals surface area (Å²) in [7, 11) is 0. The van der Waals surface area contributed by atoms with Crippen molar-refractivity contribution in [3.05, 3.63) is 33.0 Å². The van der Waals surface area contributed by atoms with Crippen LogP contribution in [-0.4, -0.2) is 6.54 Å². The minimum Gasteiger partial charge on any atom is -0.310 e. The predicted octanol–water partition coefficient (Wildman–Crippen LogP) is 5.33. The molecule has 1 aromatic carbocycles. The van der Waals surface area contributed by atoms with Gasteiger partial charge >= 0.3 is 0 Å². The molecule has 0 amide bonds. The third-order valence-corrected chi connectivity index (χ3v) is 4.10. The third-order valence-electron chi connectivity index (χ3n) is 2.90. The van der Waals surface area contributed by atoms with Crippen molar-refractivity contribution in [3.63, 3.8) is 0 Å². The highest BCUT2D eigenvalue weighted by atomic mass is 79.9. The summed E-state index contributed by atoms with van der Waals surface area (Å²) in [6.07, 6.45) is 1.98. The molecule has 1 unspecified atom stereocenters. The number of halogens is 3.